The Morgan fingerprint density at radius 2 is 1.46 bits per heavy atom. The van der Waals surface area contributed by atoms with Gasteiger partial charge in [-0.3, -0.25) is 24.2 Å². The summed E-state index contributed by atoms with van der Waals surface area (Å²) < 4.78 is 0. The molecule has 0 spiro atoms. The van der Waals surface area contributed by atoms with E-state index in [2.05, 4.69) is 33.6 Å². The van der Waals surface area contributed by atoms with Crippen molar-refractivity contribution in [1.29, 1.82) is 0 Å². The molecule has 3 amide bonds. The molecule has 1 rings (SSSR count). The first-order chi connectivity index (χ1) is 17.4. The average molecular weight is 540 g/mol. The van der Waals surface area contributed by atoms with Crippen LogP contribution in [0, 0.1) is 0 Å². The third kappa shape index (κ3) is 12.1. The monoisotopic (exact) mass is 539 g/mol. The molecule has 0 saturated carbocycles. The summed E-state index contributed by atoms with van der Waals surface area (Å²) in [5.41, 5.74) is 17.3. The van der Waals surface area contributed by atoms with E-state index >= 15 is 0 Å². The zero-order valence-electron chi connectivity index (χ0n) is 20.0. The number of benzene rings is 1. The number of aliphatic imine (C=N–C) groups is 1. The minimum Gasteiger partial charge on any atom is -0.481 e. The Balaban J connectivity index is 2.90. The lowest BCUT2D eigenvalue weighted by Gasteiger charge is -2.24. The topological polar surface area (TPSA) is 252 Å². The van der Waals surface area contributed by atoms with Gasteiger partial charge in [-0.1, -0.05) is 30.3 Å². The van der Waals surface area contributed by atoms with Gasteiger partial charge >= 0.3 is 11.9 Å². The second-order valence-electron chi connectivity index (χ2n) is 8.05. The van der Waals surface area contributed by atoms with Crippen molar-refractivity contribution in [2.75, 3.05) is 12.3 Å². The summed E-state index contributed by atoms with van der Waals surface area (Å²) in [5.74, 6) is -5.63. The summed E-state index contributed by atoms with van der Waals surface area (Å²) >= 11 is 4.09. The minimum absolute atomic E-state index is 0.0193. The SMILES string of the molecule is NC(N)=NCCCC(NC(=O)C(CS)NC(=O)C(N)Cc1ccccc1)C(=O)NC(CC(=O)O)C(=O)O. The third-order valence-electron chi connectivity index (χ3n) is 5.02. The van der Waals surface area contributed by atoms with Crippen molar-refractivity contribution in [3.63, 3.8) is 0 Å². The van der Waals surface area contributed by atoms with Crippen LogP contribution in [0.4, 0.5) is 0 Å². The van der Waals surface area contributed by atoms with Crippen molar-refractivity contribution in [2.24, 2.45) is 22.2 Å². The van der Waals surface area contributed by atoms with E-state index in [1.165, 1.54) is 0 Å². The lowest BCUT2D eigenvalue weighted by atomic mass is 10.1. The van der Waals surface area contributed by atoms with E-state index in [1.807, 2.05) is 6.07 Å². The van der Waals surface area contributed by atoms with Crippen LogP contribution in [0.15, 0.2) is 35.3 Å². The van der Waals surface area contributed by atoms with Gasteiger partial charge in [0.2, 0.25) is 17.7 Å². The summed E-state index contributed by atoms with van der Waals surface area (Å²) in [6.45, 7) is 0.112. The van der Waals surface area contributed by atoms with E-state index in [1.54, 1.807) is 24.3 Å². The number of carboxylic acids is 2. The summed E-state index contributed by atoms with van der Waals surface area (Å²) in [6.07, 6.45) is -0.449. The molecule has 0 radical (unpaired) electrons. The lowest BCUT2D eigenvalue weighted by molar-refractivity contribution is -0.147. The van der Waals surface area contributed by atoms with Crippen LogP contribution in [-0.2, 0) is 30.4 Å². The van der Waals surface area contributed by atoms with E-state index in [0.29, 0.717) is 0 Å². The van der Waals surface area contributed by atoms with E-state index in [0.717, 1.165) is 5.56 Å². The lowest BCUT2D eigenvalue weighted by Crippen LogP contribution is -2.58. The molecule has 204 valence electrons. The summed E-state index contributed by atoms with van der Waals surface area (Å²) in [4.78, 5) is 64.2. The molecule has 1 aromatic rings. The van der Waals surface area contributed by atoms with Crippen molar-refractivity contribution in [3.05, 3.63) is 35.9 Å². The number of hydrogen-bond donors (Lipinski definition) is 9. The van der Waals surface area contributed by atoms with Crippen LogP contribution in [-0.4, -0.2) is 82.3 Å². The van der Waals surface area contributed by atoms with Crippen LogP contribution in [0.2, 0.25) is 0 Å². The molecule has 0 aliphatic heterocycles. The van der Waals surface area contributed by atoms with Crippen LogP contribution in [0.3, 0.4) is 0 Å². The summed E-state index contributed by atoms with van der Waals surface area (Å²) in [7, 11) is 0. The first-order valence-corrected chi connectivity index (χ1v) is 11.9. The molecule has 11 N–H and O–H groups in total. The van der Waals surface area contributed by atoms with E-state index < -0.39 is 60.2 Å². The number of nitrogens with one attached hydrogen (secondary N) is 3. The number of carbonyl (C=O) groups excluding carboxylic acids is 3. The highest BCUT2D eigenvalue weighted by molar-refractivity contribution is 7.80. The van der Waals surface area contributed by atoms with Crippen LogP contribution in [0.25, 0.3) is 0 Å². The van der Waals surface area contributed by atoms with Crippen molar-refractivity contribution >= 4 is 48.2 Å². The fraction of sp³-hybridized carbons (Fsp3) is 0.455. The minimum atomic E-state index is -1.72. The van der Waals surface area contributed by atoms with Gasteiger partial charge in [-0.05, 0) is 24.8 Å². The number of amides is 3. The highest BCUT2D eigenvalue weighted by Gasteiger charge is 2.30. The summed E-state index contributed by atoms with van der Waals surface area (Å²) in [6, 6.07) is 3.89. The highest BCUT2D eigenvalue weighted by Crippen LogP contribution is 2.05. The fourth-order valence-electron chi connectivity index (χ4n) is 3.13. The largest absolute Gasteiger partial charge is 0.481 e. The van der Waals surface area contributed by atoms with Gasteiger partial charge in [0.05, 0.1) is 12.5 Å². The zero-order chi connectivity index (χ0) is 28.0. The molecule has 37 heavy (non-hydrogen) atoms. The molecule has 1 aromatic carbocycles. The number of carbonyl (C=O) groups is 5. The molecule has 4 unspecified atom stereocenters. The van der Waals surface area contributed by atoms with Crippen molar-refractivity contribution < 1.29 is 34.2 Å². The van der Waals surface area contributed by atoms with Gasteiger partial charge in [0, 0.05) is 12.3 Å². The Hall–Kier alpha value is -3.85. The van der Waals surface area contributed by atoms with E-state index in [4.69, 9.17) is 22.3 Å². The molecule has 0 fully saturated rings. The number of guanidine groups is 1. The van der Waals surface area contributed by atoms with Gasteiger partial charge in [-0.15, -0.1) is 0 Å². The standard InChI is InChI=1S/C22H33N7O7S/c23-13(9-12-5-2-1-3-6-12)18(32)29-16(11-37)20(34)27-14(7-4-8-26-22(24)25)19(33)28-15(21(35)36)10-17(30)31/h1-3,5-6,13-16,37H,4,7-11,23H2,(H,27,34)(H,28,33)(H,29,32)(H,30,31)(H,35,36)(H4,24,25,26). The number of nitrogens with zero attached hydrogens (tertiary/aromatic N) is 1. The zero-order valence-corrected chi connectivity index (χ0v) is 20.9. The number of carboxylic acid groups (broad SMARTS) is 2. The number of thiol groups is 1. The second kappa shape index (κ2) is 16.0. The molecular formula is C22H33N7O7S. The maximum absolute atomic E-state index is 12.9. The Kier molecular flexibility index (Phi) is 13.5. The van der Waals surface area contributed by atoms with Gasteiger partial charge in [0.25, 0.3) is 0 Å². The van der Waals surface area contributed by atoms with Gasteiger partial charge in [-0.2, -0.15) is 12.6 Å². The smallest absolute Gasteiger partial charge is 0.326 e. The molecule has 0 aliphatic carbocycles. The number of nitrogens with two attached hydrogens (primary N) is 3. The molecule has 0 bridgehead atoms. The molecular weight excluding hydrogens is 506 g/mol. The number of aliphatic carboxylic acids is 2. The van der Waals surface area contributed by atoms with Gasteiger partial charge in [0.1, 0.15) is 18.1 Å². The Bertz CT molecular complexity index is 973. The van der Waals surface area contributed by atoms with Crippen LogP contribution in [0.1, 0.15) is 24.8 Å². The Morgan fingerprint density at radius 1 is 0.892 bits per heavy atom. The van der Waals surface area contributed by atoms with E-state index in [-0.39, 0.29) is 37.5 Å². The molecule has 0 aromatic heterocycles. The predicted octanol–water partition coefficient (Wildman–Crippen LogP) is -2.45. The van der Waals surface area contributed by atoms with E-state index in [9.17, 15) is 29.1 Å². The van der Waals surface area contributed by atoms with Crippen LogP contribution < -0.4 is 33.2 Å². The third-order valence-corrected chi connectivity index (χ3v) is 5.39. The van der Waals surface area contributed by atoms with Gasteiger partial charge < -0.3 is 43.4 Å². The first-order valence-electron chi connectivity index (χ1n) is 11.3. The first kappa shape index (κ1) is 31.2. The van der Waals surface area contributed by atoms with Crippen LogP contribution in [0.5, 0.6) is 0 Å². The molecule has 14 nitrogen and oxygen atoms in total. The number of hydrogen-bond acceptors (Lipinski definition) is 8. The second-order valence-corrected chi connectivity index (χ2v) is 8.41. The maximum Gasteiger partial charge on any atom is 0.326 e. The average Bonchev–Trinajstić information content (AvgIpc) is 2.83. The Labute approximate surface area is 218 Å². The van der Waals surface area contributed by atoms with Crippen molar-refractivity contribution in [3.8, 4) is 0 Å². The van der Waals surface area contributed by atoms with Crippen molar-refractivity contribution in [2.45, 2.75) is 49.9 Å². The van der Waals surface area contributed by atoms with Gasteiger partial charge in [-0.25, -0.2) is 4.79 Å². The fourth-order valence-corrected chi connectivity index (χ4v) is 3.38. The quantitative estimate of drug-likeness (QED) is 0.0464. The Morgan fingerprint density at radius 3 is 2.00 bits per heavy atom. The maximum atomic E-state index is 12.9. The molecule has 0 saturated heterocycles. The van der Waals surface area contributed by atoms with Crippen LogP contribution >= 0.6 is 12.6 Å². The molecule has 0 heterocycles. The molecule has 0 aliphatic rings. The molecule has 15 heteroatoms. The molecule has 4 atom stereocenters. The predicted molar refractivity (Wildman–Crippen MR) is 138 cm³/mol. The number of rotatable bonds is 16. The van der Waals surface area contributed by atoms with Crippen molar-refractivity contribution in [1.82, 2.24) is 16.0 Å². The van der Waals surface area contributed by atoms with Gasteiger partial charge in [0.15, 0.2) is 5.96 Å². The highest BCUT2D eigenvalue weighted by atomic mass is 32.1. The summed E-state index contributed by atoms with van der Waals surface area (Å²) in [5, 5.41) is 25.1. The normalized spacial score (nSPS) is 13.8.